The zero-order valence-corrected chi connectivity index (χ0v) is 16.6. The van der Waals surface area contributed by atoms with Crippen LogP contribution >= 0.6 is 0 Å². The molecule has 1 aromatic heterocycles. The topological polar surface area (TPSA) is 101 Å². The van der Waals surface area contributed by atoms with Gasteiger partial charge < -0.3 is 24.6 Å². The maximum absolute atomic E-state index is 13.8. The lowest BCUT2D eigenvalue weighted by atomic mass is 10.1. The average molecular weight is 449 g/mol. The van der Waals surface area contributed by atoms with E-state index < -0.39 is 64.3 Å². The minimum Gasteiger partial charge on any atom is -0.503 e. The number of ether oxygens (including phenoxy) is 1. The van der Waals surface area contributed by atoms with Crippen LogP contribution in [0.3, 0.4) is 0 Å². The van der Waals surface area contributed by atoms with E-state index in [1.807, 2.05) is 0 Å². The molecule has 3 aliphatic rings. The SMILES string of the molecule is O=C(NCc1c(F)cc(F)cc1F)c1cn2c(c(O)c1=O)C(=O)N1[C@H]3CC[C@H](C3)O[C@H]1C2. The van der Waals surface area contributed by atoms with Crippen molar-refractivity contribution in [2.45, 2.75) is 50.7 Å². The summed E-state index contributed by atoms with van der Waals surface area (Å²) in [5.74, 6) is -5.93. The molecule has 1 aromatic carbocycles. The first-order valence-electron chi connectivity index (χ1n) is 10.1. The lowest BCUT2D eigenvalue weighted by molar-refractivity contribution is -0.132. The lowest BCUT2D eigenvalue weighted by Crippen LogP contribution is -2.57. The molecule has 2 aromatic rings. The average Bonchev–Trinajstić information content (AvgIpc) is 3.10. The van der Waals surface area contributed by atoms with Crippen LogP contribution in [-0.2, 0) is 17.8 Å². The molecule has 1 saturated carbocycles. The Labute approximate surface area is 179 Å². The van der Waals surface area contributed by atoms with Crippen molar-refractivity contribution in [2.75, 3.05) is 0 Å². The van der Waals surface area contributed by atoms with Crippen LogP contribution in [0.2, 0.25) is 0 Å². The molecular formula is C21H18F3N3O5. The maximum atomic E-state index is 13.8. The van der Waals surface area contributed by atoms with Gasteiger partial charge in [0.2, 0.25) is 5.43 Å². The number of nitrogens with one attached hydrogen (secondary N) is 1. The number of hydrogen-bond donors (Lipinski definition) is 2. The summed E-state index contributed by atoms with van der Waals surface area (Å²) < 4.78 is 47.9. The summed E-state index contributed by atoms with van der Waals surface area (Å²) in [5, 5.41) is 12.6. The van der Waals surface area contributed by atoms with Crippen LogP contribution < -0.4 is 10.7 Å². The van der Waals surface area contributed by atoms with Gasteiger partial charge in [-0.1, -0.05) is 0 Å². The van der Waals surface area contributed by atoms with Gasteiger partial charge in [0.15, 0.2) is 17.7 Å². The third-order valence-corrected chi connectivity index (χ3v) is 6.23. The molecule has 0 unspecified atom stereocenters. The van der Waals surface area contributed by atoms with Crippen LogP contribution in [0.1, 0.15) is 45.7 Å². The number of carbonyl (C=O) groups is 2. The van der Waals surface area contributed by atoms with Crippen LogP contribution in [-0.4, -0.2) is 44.8 Å². The molecule has 168 valence electrons. The van der Waals surface area contributed by atoms with Gasteiger partial charge in [0.1, 0.15) is 23.0 Å². The Balaban J connectivity index is 1.44. The Morgan fingerprint density at radius 1 is 1.19 bits per heavy atom. The number of benzene rings is 1. The number of fused-ring (bicyclic) bond motifs is 5. The predicted molar refractivity (Wildman–Crippen MR) is 102 cm³/mol. The van der Waals surface area contributed by atoms with E-state index in [4.69, 9.17) is 4.74 Å². The fourth-order valence-electron chi connectivity index (χ4n) is 4.72. The highest BCUT2D eigenvalue weighted by molar-refractivity contribution is 5.99. The highest BCUT2D eigenvalue weighted by atomic mass is 19.1. The standard InChI is InChI=1S/C21H18F3N3O5/c22-9-3-14(23)12(15(24)4-9)6-25-20(30)13-7-26-8-16-27(10-1-2-11(5-10)32-16)21(31)17(26)19(29)18(13)28/h3-4,7,10-11,16,29H,1-2,5-6,8H2,(H,25,30)/t10-,11+,16-/m0/s1. The summed E-state index contributed by atoms with van der Waals surface area (Å²) >= 11 is 0. The number of hydrogen-bond acceptors (Lipinski definition) is 5. The van der Waals surface area contributed by atoms with Crippen LogP contribution in [0.15, 0.2) is 23.1 Å². The Morgan fingerprint density at radius 2 is 1.91 bits per heavy atom. The van der Waals surface area contributed by atoms with Gasteiger partial charge in [-0.2, -0.15) is 0 Å². The lowest BCUT2D eigenvalue weighted by Gasteiger charge is -2.44. The second kappa shape index (κ2) is 7.37. The normalized spacial score (nSPS) is 23.7. The summed E-state index contributed by atoms with van der Waals surface area (Å²) in [4.78, 5) is 39.7. The molecule has 3 atom stereocenters. The molecule has 2 aliphatic heterocycles. The molecule has 1 saturated heterocycles. The largest absolute Gasteiger partial charge is 0.503 e. The highest BCUT2D eigenvalue weighted by Crippen LogP contribution is 2.38. The zero-order valence-electron chi connectivity index (χ0n) is 16.6. The van der Waals surface area contributed by atoms with Gasteiger partial charge in [-0.05, 0) is 19.3 Å². The highest BCUT2D eigenvalue weighted by Gasteiger charge is 2.47. The Hall–Kier alpha value is -3.34. The second-order valence-electron chi connectivity index (χ2n) is 8.14. The van der Waals surface area contributed by atoms with Crippen molar-refractivity contribution in [3.8, 4) is 5.75 Å². The van der Waals surface area contributed by atoms with E-state index in [1.54, 1.807) is 0 Å². The number of carbonyl (C=O) groups excluding carboxylic acids is 2. The molecule has 0 spiro atoms. The van der Waals surface area contributed by atoms with Crippen LogP contribution in [0, 0.1) is 17.5 Å². The molecule has 2 bridgehead atoms. The monoisotopic (exact) mass is 449 g/mol. The Morgan fingerprint density at radius 3 is 2.62 bits per heavy atom. The first-order chi connectivity index (χ1) is 15.2. The van der Waals surface area contributed by atoms with Crippen molar-refractivity contribution in [1.29, 1.82) is 0 Å². The van der Waals surface area contributed by atoms with Gasteiger partial charge in [0, 0.05) is 36.5 Å². The molecule has 5 rings (SSSR count). The number of nitrogens with zero attached hydrogens (tertiary/aromatic N) is 2. The van der Waals surface area contributed by atoms with E-state index >= 15 is 0 Å². The van der Waals surface area contributed by atoms with Crippen molar-refractivity contribution in [3.63, 3.8) is 0 Å². The zero-order chi connectivity index (χ0) is 22.7. The molecule has 2 amide bonds. The van der Waals surface area contributed by atoms with Crippen molar-refractivity contribution < 1.29 is 32.6 Å². The van der Waals surface area contributed by atoms with E-state index in [2.05, 4.69) is 5.32 Å². The second-order valence-corrected chi connectivity index (χ2v) is 8.14. The third-order valence-electron chi connectivity index (χ3n) is 6.23. The van der Waals surface area contributed by atoms with Crippen LogP contribution in [0.25, 0.3) is 0 Å². The fourth-order valence-corrected chi connectivity index (χ4v) is 4.72. The minimum absolute atomic E-state index is 0.0296. The molecule has 2 N–H and O–H groups in total. The predicted octanol–water partition coefficient (Wildman–Crippen LogP) is 1.63. The van der Waals surface area contributed by atoms with Crippen molar-refractivity contribution >= 4 is 11.8 Å². The number of aromatic hydroxyl groups is 1. The van der Waals surface area contributed by atoms with Crippen molar-refractivity contribution in [2.24, 2.45) is 0 Å². The molecule has 3 heterocycles. The van der Waals surface area contributed by atoms with Crippen LogP contribution in [0.5, 0.6) is 5.75 Å². The van der Waals surface area contributed by atoms with Gasteiger partial charge in [0.05, 0.1) is 12.6 Å². The van der Waals surface area contributed by atoms with Crippen molar-refractivity contribution in [1.82, 2.24) is 14.8 Å². The molecule has 11 heteroatoms. The van der Waals surface area contributed by atoms with E-state index in [9.17, 15) is 32.7 Å². The summed E-state index contributed by atoms with van der Waals surface area (Å²) in [6, 6.07) is 0.912. The van der Waals surface area contributed by atoms with Gasteiger partial charge in [-0.15, -0.1) is 0 Å². The summed E-state index contributed by atoms with van der Waals surface area (Å²) in [7, 11) is 0. The smallest absolute Gasteiger partial charge is 0.276 e. The molecular weight excluding hydrogens is 431 g/mol. The van der Waals surface area contributed by atoms with E-state index in [1.165, 1.54) is 9.47 Å². The van der Waals surface area contributed by atoms with E-state index in [0.29, 0.717) is 18.6 Å². The molecule has 0 radical (unpaired) electrons. The number of pyridine rings is 1. The van der Waals surface area contributed by atoms with Gasteiger partial charge in [-0.3, -0.25) is 14.4 Å². The van der Waals surface area contributed by atoms with Crippen molar-refractivity contribution in [3.05, 3.63) is 62.8 Å². The number of aromatic nitrogens is 1. The maximum Gasteiger partial charge on any atom is 0.276 e. The summed E-state index contributed by atoms with van der Waals surface area (Å²) in [6.07, 6.45) is 2.86. The Bertz CT molecular complexity index is 1190. The number of halogens is 3. The minimum atomic E-state index is -1.19. The number of rotatable bonds is 3. The summed E-state index contributed by atoms with van der Waals surface area (Å²) in [5.41, 5.74) is -2.40. The van der Waals surface area contributed by atoms with Crippen LogP contribution in [0.4, 0.5) is 13.2 Å². The van der Waals surface area contributed by atoms with Gasteiger partial charge in [-0.25, -0.2) is 13.2 Å². The molecule has 2 fully saturated rings. The third kappa shape index (κ3) is 3.15. The van der Waals surface area contributed by atoms with Gasteiger partial charge >= 0.3 is 0 Å². The summed E-state index contributed by atoms with van der Waals surface area (Å²) in [6.45, 7) is -0.538. The fraction of sp³-hybridized carbons (Fsp3) is 0.381. The molecule has 8 nitrogen and oxygen atoms in total. The molecule has 32 heavy (non-hydrogen) atoms. The quantitative estimate of drug-likeness (QED) is 0.742. The Kier molecular flexibility index (Phi) is 4.73. The van der Waals surface area contributed by atoms with Gasteiger partial charge in [0.25, 0.3) is 11.8 Å². The van der Waals surface area contributed by atoms with E-state index in [0.717, 1.165) is 19.0 Å². The van der Waals surface area contributed by atoms with E-state index in [-0.39, 0.29) is 24.4 Å². The number of amides is 2. The first-order valence-corrected chi connectivity index (χ1v) is 10.1. The molecule has 1 aliphatic carbocycles. The first kappa shape index (κ1) is 20.6.